The van der Waals surface area contributed by atoms with Gasteiger partial charge < -0.3 is 9.47 Å². The second-order valence-corrected chi connectivity index (χ2v) is 3.11. The number of hydrogen-bond acceptors (Lipinski definition) is 3. The molecule has 3 nitrogen and oxygen atoms in total. The Kier molecular flexibility index (Phi) is 5.70. The van der Waals surface area contributed by atoms with Gasteiger partial charge in [-0.3, -0.25) is 0 Å². The third kappa shape index (κ3) is 4.74. The van der Waals surface area contributed by atoms with Crippen molar-refractivity contribution in [2.24, 2.45) is 0 Å². The predicted molar refractivity (Wildman–Crippen MR) is 55.4 cm³/mol. The van der Waals surface area contributed by atoms with Gasteiger partial charge in [0.15, 0.2) is 5.75 Å². The molecular weight excluding hydrogens is 197 g/mol. The molecule has 0 radical (unpaired) electrons. The van der Waals surface area contributed by atoms with Crippen LogP contribution in [0.25, 0.3) is 0 Å². The summed E-state index contributed by atoms with van der Waals surface area (Å²) < 4.78 is 23.4. The van der Waals surface area contributed by atoms with Crippen molar-refractivity contribution in [1.82, 2.24) is 4.98 Å². The zero-order valence-corrected chi connectivity index (χ0v) is 8.91. The van der Waals surface area contributed by atoms with Crippen LogP contribution < -0.4 is 4.74 Å². The summed E-state index contributed by atoms with van der Waals surface area (Å²) in [7, 11) is 0. The standard InChI is InChI=1S/C11H16FNO2/c1-2-3-7-14-8-9-15-10-5-4-6-13-11(10)12/h4-6H,2-3,7-9H2,1H3. The average Bonchev–Trinajstić information content (AvgIpc) is 2.25. The highest BCUT2D eigenvalue weighted by atomic mass is 19.1. The first-order chi connectivity index (χ1) is 7.34. The molecule has 0 aromatic carbocycles. The highest BCUT2D eigenvalue weighted by Gasteiger charge is 2.01. The van der Waals surface area contributed by atoms with Gasteiger partial charge in [0, 0.05) is 12.8 Å². The summed E-state index contributed by atoms with van der Waals surface area (Å²) in [5.41, 5.74) is 0. The fourth-order valence-corrected chi connectivity index (χ4v) is 1.04. The Morgan fingerprint density at radius 3 is 2.93 bits per heavy atom. The van der Waals surface area contributed by atoms with Gasteiger partial charge in [0.1, 0.15) is 6.61 Å². The van der Waals surface area contributed by atoms with E-state index in [9.17, 15) is 4.39 Å². The van der Waals surface area contributed by atoms with Crippen molar-refractivity contribution in [1.29, 1.82) is 0 Å². The Morgan fingerprint density at radius 1 is 1.33 bits per heavy atom. The molecular formula is C11H16FNO2. The Labute approximate surface area is 89.2 Å². The highest BCUT2D eigenvalue weighted by molar-refractivity contribution is 5.17. The van der Waals surface area contributed by atoms with E-state index in [1.54, 1.807) is 12.1 Å². The molecule has 1 aromatic heterocycles. The number of hydrogen-bond donors (Lipinski definition) is 0. The summed E-state index contributed by atoms with van der Waals surface area (Å²) in [5.74, 6) is -0.400. The van der Waals surface area contributed by atoms with Crippen molar-refractivity contribution in [3.05, 3.63) is 24.3 Å². The third-order valence-electron chi connectivity index (χ3n) is 1.85. The Bertz CT molecular complexity index is 281. The van der Waals surface area contributed by atoms with E-state index in [2.05, 4.69) is 11.9 Å². The minimum absolute atomic E-state index is 0.177. The molecule has 0 aliphatic heterocycles. The van der Waals surface area contributed by atoms with Crippen LogP contribution in [0.4, 0.5) is 4.39 Å². The molecule has 0 N–H and O–H groups in total. The number of aromatic nitrogens is 1. The SMILES string of the molecule is CCCCOCCOc1cccnc1F. The van der Waals surface area contributed by atoms with E-state index in [4.69, 9.17) is 9.47 Å². The van der Waals surface area contributed by atoms with E-state index in [0.29, 0.717) is 13.2 Å². The Balaban J connectivity index is 2.12. The summed E-state index contributed by atoms with van der Waals surface area (Å²) in [6.07, 6.45) is 3.54. The molecule has 15 heavy (non-hydrogen) atoms. The van der Waals surface area contributed by atoms with E-state index >= 15 is 0 Å². The van der Waals surface area contributed by atoms with Gasteiger partial charge in [-0.05, 0) is 18.6 Å². The van der Waals surface area contributed by atoms with Gasteiger partial charge >= 0.3 is 0 Å². The first-order valence-corrected chi connectivity index (χ1v) is 5.15. The van der Waals surface area contributed by atoms with E-state index in [1.807, 2.05) is 0 Å². The van der Waals surface area contributed by atoms with E-state index in [1.165, 1.54) is 6.20 Å². The lowest BCUT2D eigenvalue weighted by Gasteiger charge is -2.06. The number of halogens is 1. The molecule has 0 aliphatic carbocycles. The van der Waals surface area contributed by atoms with Gasteiger partial charge in [0.25, 0.3) is 5.95 Å². The molecule has 0 atom stereocenters. The molecule has 0 aliphatic rings. The van der Waals surface area contributed by atoms with Gasteiger partial charge in [-0.1, -0.05) is 13.3 Å². The van der Waals surface area contributed by atoms with E-state index in [0.717, 1.165) is 19.4 Å². The van der Waals surface area contributed by atoms with Crippen LogP contribution in [0.3, 0.4) is 0 Å². The molecule has 84 valence electrons. The van der Waals surface area contributed by atoms with E-state index in [-0.39, 0.29) is 5.75 Å². The maximum atomic E-state index is 12.9. The lowest BCUT2D eigenvalue weighted by atomic mass is 10.4. The lowest BCUT2D eigenvalue weighted by Crippen LogP contribution is -2.08. The smallest absolute Gasteiger partial charge is 0.255 e. The maximum Gasteiger partial charge on any atom is 0.255 e. The summed E-state index contributed by atoms with van der Waals surface area (Å²) in [5, 5.41) is 0. The monoisotopic (exact) mass is 213 g/mol. The largest absolute Gasteiger partial charge is 0.486 e. The molecule has 4 heteroatoms. The Morgan fingerprint density at radius 2 is 2.20 bits per heavy atom. The number of unbranched alkanes of at least 4 members (excludes halogenated alkanes) is 1. The quantitative estimate of drug-likeness (QED) is 0.515. The maximum absolute atomic E-state index is 12.9. The molecule has 1 aromatic rings. The molecule has 0 saturated heterocycles. The van der Waals surface area contributed by atoms with Crippen molar-refractivity contribution < 1.29 is 13.9 Å². The molecule has 1 heterocycles. The third-order valence-corrected chi connectivity index (χ3v) is 1.85. The molecule has 1 rings (SSSR count). The minimum Gasteiger partial charge on any atom is -0.486 e. The summed E-state index contributed by atoms with van der Waals surface area (Å²) in [6, 6.07) is 3.19. The molecule has 0 unspecified atom stereocenters. The van der Waals surface area contributed by atoms with E-state index < -0.39 is 5.95 Å². The normalized spacial score (nSPS) is 10.3. The van der Waals surface area contributed by atoms with Crippen molar-refractivity contribution in [3.63, 3.8) is 0 Å². The molecule has 0 fully saturated rings. The number of nitrogens with zero attached hydrogens (tertiary/aromatic N) is 1. The van der Waals surface area contributed by atoms with Gasteiger partial charge in [-0.25, -0.2) is 4.98 Å². The van der Waals surface area contributed by atoms with Crippen molar-refractivity contribution in [2.45, 2.75) is 19.8 Å². The van der Waals surface area contributed by atoms with Crippen LogP contribution in [-0.4, -0.2) is 24.8 Å². The first-order valence-electron chi connectivity index (χ1n) is 5.15. The number of pyridine rings is 1. The topological polar surface area (TPSA) is 31.4 Å². The molecule has 0 amide bonds. The summed E-state index contributed by atoms with van der Waals surface area (Å²) in [4.78, 5) is 3.47. The van der Waals surface area contributed by atoms with Crippen molar-refractivity contribution in [3.8, 4) is 5.75 Å². The van der Waals surface area contributed by atoms with Gasteiger partial charge in [0.05, 0.1) is 6.61 Å². The molecule has 0 bridgehead atoms. The first kappa shape index (κ1) is 11.9. The summed E-state index contributed by atoms with van der Waals surface area (Å²) >= 11 is 0. The fourth-order valence-electron chi connectivity index (χ4n) is 1.04. The van der Waals surface area contributed by atoms with Crippen molar-refractivity contribution >= 4 is 0 Å². The van der Waals surface area contributed by atoms with Crippen LogP contribution in [0.15, 0.2) is 18.3 Å². The fraction of sp³-hybridized carbons (Fsp3) is 0.545. The van der Waals surface area contributed by atoms with Gasteiger partial charge in [0.2, 0.25) is 0 Å². The Hall–Kier alpha value is -1.16. The molecule has 0 saturated carbocycles. The highest BCUT2D eigenvalue weighted by Crippen LogP contribution is 2.12. The van der Waals surface area contributed by atoms with Crippen LogP contribution in [0, 0.1) is 5.95 Å². The van der Waals surface area contributed by atoms with Crippen LogP contribution >= 0.6 is 0 Å². The minimum atomic E-state index is -0.578. The van der Waals surface area contributed by atoms with Crippen LogP contribution in [0.2, 0.25) is 0 Å². The van der Waals surface area contributed by atoms with Crippen LogP contribution in [-0.2, 0) is 4.74 Å². The second-order valence-electron chi connectivity index (χ2n) is 3.11. The lowest BCUT2D eigenvalue weighted by molar-refractivity contribution is 0.0963. The molecule has 0 spiro atoms. The zero-order valence-electron chi connectivity index (χ0n) is 8.91. The summed E-state index contributed by atoms with van der Waals surface area (Å²) in [6.45, 7) is 3.67. The van der Waals surface area contributed by atoms with Gasteiger partial charge in [-0.2, -0.15) is 4.39 Å². The average molecular weight is 213 g/mol. The number of ether oxygens (including phenoxy) is 2. The second kappa shape index (κ2) is 7.17. The van der Waals surface area contributed by atoms with Crippen LogP contribution in [0.5, 0.6) is 5.75 Å². The van der Waals surface area contributed by atoms with Gasteiger partial charge in [-0.15, -0.1) is 0 Å². The number of rotatable bonds is 7. The predicted octanol–water partition coefficient (Wildman–Crippen LogP) is 2.42. The van der Waals surface area contributed by atoms with Crippen LogP contribution in [0.1, 0.15) is 19.8 Å². The zero-order chi connectivity index (χ0) is 10.9. The van der Waals surface area contributed by atoms with Crippen molar-refractivity contribution in [2.75, 3.05) is 19.8 Å².